The number of halogens is 3. The highest BCUT2D eigenvalue weighted by molar-refractivity contribution is 5.62. The highest BCUT2D eigenvalue weighted by Crippen LogP contribution is 2.26. The Morgan fingerprint density at radius 2 is 1.50 bits per heavy atom. The molecule has 1 aromatic heterocycles. The number of nitrogens with zero attached hydrogens (tertiary/aromatic N) is 3. The molecule has 2 aromatic rings. The van der Waals surface area contributed by atoms with E-state index in [1.807, 2.05) is 18.7 Å². The maximum Gasteiger partial charge on any atom is 0.573 e. The lowest BCUT2D eigenvalue weighted by Crippen LogP contribution is -2.23. The Kier molecular flexibility index (Phi) is 4.85. The van der Waals surface area contributed by atoms with Crippen molar-refractivity contribution >= 4 is 5.95 Å². The van der Waals surface area contributed by atoms with Gasteiger partial charge >= 0.3 is 6.36 Å². The lowest BCUT2D eigenvalue weighted by molar-refractivity contribution is -0.274. The molecule has 7 heteroatoms. The van der Waals surface area contributed by atoms with Gasteiger partial charge in [-0.05, 0) is 31.5 Å². The summed E-state index contributed by atoms with van der Waals surface area (Å²) >= 11 is 0. The third kappa shape index (κ3) is 4.09. The van der Waals surface area contributed by atoms with E-state index in [2.05, 4.69) is 14.7 Å². The fourth-order valence-electron chi connectivity index (χ4n) is 1.99. The Bertz CT molecular complexity index is 593. The zero-order chi connectivity index (χ0) is 16.2. The SMILES string of the molecule is CCN(CC)c1ncc(-c2ccc(OC(F)(F)F)cc2)cn1. The van der Waals surface area contributed by atoms with Crippen LogP contribution in [0.1, 0.15) is 13.8 Å². The Hall–Kier alpha value is -2.31. The second-order valence-electron chi connectivity index (χ2n) is 4.52. The Labute approximate surface area is 126 Å². The fourth-order valence-corrected chi connectivity index (χ4v) is 1.99. The van der Waals surface area contributed by atoms with Crippen LogP contribution >= 0.6 is 0 Å². The molecule has 0 unspecified atom stereocenters. The van der Waals surface area contributed by atoms with E-state index in [1.54, 1.807) is 12.4 Å². The van der Waals surface area contributed by atoms with E-state index in [-0.39, 0.29) is 5.75 Å². The summed E-state index contributed by atoms with van der Waals surface area (Å²) in [5.41, 5.74) is 1.45. The van der Waals surface area contributed by atoms with E-state index >= 15 is 0 Å². The van der Waals surface area contributed by atoms with Crippen molar-refractivity contribution < 1.29 is 17.9 Å². The largest absolute Gasteiger partial charge is 0.573 e. The standard InChI is InChI=1S/C15H16F3N3O/c1-3-21(4-2)14-19-9-12(10-20-14)11-5-7-13(8-6-11)22-15(16,17)18/h5-10H,3-4H2,1-2H3. The van der Waals surface area contributed by atoms with Crippen LogP contribution in [0.25, 0.3) is 11.1 Å². The van der Waals surface area contributed by atoms with Gasteiger partial charge in [0.25, 0.3) is 0 Å². The molecule has 1 aromatic carbocycles. The second kappa shape index (κ2) is 6.64. The van der Waals surface area contributed by atoms with Gasteiger partial charge in [0.1, 0.15) is 5.75 Å². The van der Waals surface area contributed by atoms with Crippen LogP contribution in [-0.4, -0.2) is 29.4 Å². The second-order valence-corrected chi connectivity index (χ2v) is 4.52. The molecule has 2 rings (SSSR count). The molecule has 0 radical (unpaired) electrons. The van der Waals surface area contributed by atoms with Crippen molar-refractivity contribution in [2.75, 3.05) is 18.0 Å². The van der Waals surface area contributed by atoms with Gasteiger partial charge in [-0.2, -0.15) is 0 Å². The quantitative estimate of drug-likeness (QED) is 0.839. The Morgan fingerprint density at radius 3 is 1.95 bits per heavy atom. The molecular formula is C15H16F3N3O. The van der Waals surface area contributed by atoms with Crippen molar-refractivity contribution in [3.05, 3.63) is 36.7 Å². The predicted octanol–water partition coefficient (Wildman–Crippen LogP) is 3.89. The van der Waals surface area contributed by atoms with Crippen LogP contribution < -0.4 is 9.64 Å². The van der Waals surface area contributed by atoms with Gasteiger partial charge < -0.3 is 9.64 Å². The molecule has 0 amide bonds. The number of ether oxygens (including phenoxy) is 1. The van der Waals surface area contributed by atoms with Gasteiger partial charge in [0.15, 0.2) is 0 Å². The summed E-state index contributed by atoms with van der Waals surface area (Å²) in [6.07, 6.45) is -1.38. The number of anilines is 1. The maximum atomic E-state index is 12.1. The molecular weight excluding hydrogens is 295 g/mol. The minimum atomic E-state index is -4.68. The molecule has 1 heterocycles. The summed E-state index contributed by atoms with van der Waals surface area (Å²) in [6.45, 7) is 5.64. The first-order valence-electron chi connectivity index (χ1n) is 6.86. The summed E-state index contributed by atoms with van der Waals surface area (Å²) in [4.78, 5) is 10.6. The number of rotatable bonds is 5. The zero-order valence-corrected chi connectivity index (χ0v) is 12.3. The highest BCUT2D eigenvalue weighted by atomic mass is 19.4. The monoisotopic (exact) mass is 311 g/mol. The molecule has 0 fully saturated rings. The first-order chi connectivity index (χ1) is 10.4. The molecule has 0 bridgehead atoms. The van der Waals surface area contributed by atoms with Crippen LogP contribution in [0.15, 0.2) is 36.7 Å². The van der Waals surface area contributed by atoms with Crippen molar-refractivity contribution in [1.82, 2.24) is 9.97 Å². The van der Waals surface area contributed by atoms with Crippen LogP contribution in [0.4, 0.5) is 19.1 Å². The molecule has 0 atom stereocenters. The average molecular weight is 311 g/mol. The predicted molar refractivity (Wildman–Crippen MR) is 77.7 cm³/mol. The van der Waals surface area contributed by atoms with Crippen LogP contribution in [0, 0.1) is 0 Å². The smallest absolute Gasteiger partial charge is 0.406 e. The van der Waals surface area contributed by atoms with E-state index in [0.29, 0.717) is 5.95 Å². The van der Waals surface area contributed by atoms with Crippen molar-refractivity contribution in [3.63, 3.8) is 0 Å². The van der Waals surface area contributed by atoms with Gasteiger partial charge in [0.2, 0.25) is 5.95 Å². The third-order valence-corrected chi connectivity index (χ3v) is 3.11. The minimum absolute atomic E-state index is 0.253. The van der Waals surface area contributed by atoms with Gasteiger partial charge in [-0.3, -0.25) is 0 Å². The fraction of sp³-hybridized carbons (Fsp3) is 0.333. The zero-order valence-electron chi connectivity index (χ0n) is 12.3. The molecule has 0 aliphatic carbocycles. The lowest BCUT2D eigenvalue weighted by atomic mass is 10.1. The van der Waals surface area contributed by atoms with Crippen LogP contribution in [0.5, 0.6) is 5.75 Å². The highest BCUT2D eigenvalue weighted by Gasteiger charge is 2.30. The summed E-state index contributed by atoms with van der Waals surface area (Å²) in [5.74, 6) is 0.378. The van der Waals surface area contributed by atoms with Crippen molar-refractivity contribution in [2.45, 2.75) is 20.2 Å². The van der Waals surface area contributed by atoms with Gasteiger partial charge in [-0.25, -0.2) is 9.97 Å². The van der Waals surface area contributed by atoms with E-state index < -0.39 is 6.36 Å². The lowest BCUT2D eigenvalue weighted by Gasteiger charge is -2.18. The van der Waals surface area contributed by atoms with Crippen molar-refractivity contribution in [2.24, 2.45) is 0 Å². The molecule has 118 valence electrons. The number of hydrogen-bond donors (Lipinski definition) is 0. The van der Waals surface area contributed by atoms with Crippen LogP contribution in [0.3, 0.4) is 0 Å². The topological polar surface area (TPSA) is 38.2 Å². The van der Waals surface area contributed by atoms with E-state index in [1.165, 1.54) is 24.3 Å². The molecule has 0 N–H and O–H groups in total. The summed E-state index contributed by atoms with van der Waals surface area (Å²) in [7, 11) is 0. The van der Waals surface area contributed by atoms with Crippen LogP contribution in [0.2, 0.25) is 0 Å². The third-order valence-electron chi connectivity index (χ3n) is 3.11. The number of benzene rings is 1. The molecule has 4 nitrogen and oxygen atoms in total. The van der Waals surface area contributed by atoms with Crippen molar-refractivity contribution in [3.8, 4) is 16.9 Å². The van der Waals surface area contributed by atoms with Gasteiger partial charge in [0, 0.05) is 31.0 Å². The molecule has 22 heavy (non-hydrogen) atoms. The maximum absolute atomic E-state index is 12.1. The first kappa shape index (κ1) is 16.1. The molecule has 0 aliphatic heterocycles. The normalized spacial score (nSPS) is 11.3. The van der Waals surface area contributed by atoms with Crippen molar-refractivity contribution in [1.29, 1.82) is 0 Å². The molecule has 0 saturated carbocycles. The molecule has 0 spiro atoms. The summed E-state index contributed by atoms with van der Waals surface area (Å²) in [5, 5.41) is 0. The average Bonchev–Trinajstić information content (AvgIpc) is 2.48. The number of hydrogen-bond acceptors (Lipinski definition) is 4. The van der Waals surface area contributed by atoms with Gasteiger partial charge in [0.05, 0.1) is 0 Å². The molecule has 0 saturated heterocycles. The van der Waals surface area contributed by atoms with Crippen LogP contribution in [-0.2, 0) is 0 Å². The number of aromatic nitrogens is 2. The molecule has 0 aliphatic rings. The summed E-state index contributed by atoms with van der Waals surface area (Å²) < 4.78 is 40.1. The van der Waals surface area contributed by atoms with E-state index in [9.17, 15) is 13.2 Å². The van der Waals surface area contributed by atoms with Gasteiger partial charge in [-0.15, -0.1) is 13.2 Å². The van der Waals surface area contributed by atoms with E-state index in [4.69, 9.17) is 0 Å². The van der Waals surface area contributed by atoms with Gasteiger partial charge in [-0.1, -0.05) is 12.1 Å². The number of alkyl halides is 3. The summed E-state index contributed by atoms with van der Waals surface area (Å²) in [6, 6.07) is 5.61. The first-order valence-corrected chi connectivity index (χ1v) is 6.86. The Balaban J connectivity index is 2.15. The van der Waals surface area contributed by atoms with E-state index in [0.717, 1.165) is 24.2 Å². The Morgan fingerprint density at radius 1 is 0.955 bits per heavy atom. The minimum Gasteiger partial charge on any atom is -0.406 e.